The molecule has 4 heteroatoms. The molecule has 108 valence electrons. The molecule has 1 amide bonds. The van der Waals surface area contributed by atoms with Gasteiger partial charge in [-0.2, -0.15) is 0 Å². The summed E-state index contributed by atoms with van der Waals surface area (Å²) in [5.74, 6) is -1.29. The fraction of sp³-hybridized carbons (Fsp3) is 0.500. The highest BCUT2D eigenvalue weighted by molar-refractivity contribution is 5.95. The molecule has 0 saturated heterocycles. The fourth-order valence-electron chi connectivity index (χ4n) is 2.98. The van der Waals surface area contributed by atoms with E-state index >= 15 is 0 Å². The number of rotatable bonds is 3. The van der Waals surface area contributed by atoms with Gasteiger partial charge in [0, 0.05) is 18.7 Å². The maximum atomic E-state index is 12.5. The van der Waals surface area contributed by atoms with Crippen LogP contribution in [0.4, 0.5) is 5.69 Å². The van der Waals surface area contributed by atoms with Gasteiger partial charge in [-0.1, -0.05) is 6.07 Å². The van der Waals surface area contributed by atoms with Gasteiger partial charge in [0.25, 0.3) is 0 Å². The molecule has 1 aliphatic rings. The van der Waals surface area contributed by atoms with Gasteiger partial charge in [0.05, 0.1) is 5.92 Å². The van der Waals surface area contributed by atoms with Crippen LogP contribution in [0.2, 0.25) is 0 Å². The Kier molecular flexibility index (Phi) is 4.12. The molecular weight excluding hydrogens is 254 g/mol. The molecule has 2 rings (SSSR count). The lowest BCUT2D eigenvalue weighted by atomic mass is 10.0. The number of carboxylic acid groups (broad SMARTS) is 1. The summed E-state index contributed by atoms with van der Waals surface area (Å²) in [5, 5.41) is 9.02. The van der Waals surface area contributed by atoms with E-state index in [9.17, 15) is 9.59 Å². The highest BCUT2D eigenvalue weighted by Crippen LogP contribution is 2.33. The lowest BCUT2D eigenvalue weighted by Gasteiger charge is -2.22. The summed E-state index contributed by atoms with van der Waals surface area (Å²) in [5.41, 5.74) is 3.12. The summed E-state index contributed by atoms with van der Waals surface area (Å²) in [6.45, 7) is 4.01. The van der Waals surface area contributed by atoms with Crippen molar-refractivity contribution < 1.29 is 14.7 Å². The minimum Gasteiger partial charge on any atom is -0.481 e. The van der Waals surface area contributed by atoms with E-state index in [2.05, 4.69) is 6.07 Å². The van der Waals surface area contributed by atoms with E-state index in [-0.39, 0.29) is 17.7 Å². The van der Waals surface area contributed by atoms with Crippen LogP contribution < -0.4 is 4.90 Å². The summed E-state index contributed by atoms with van der Waals surface area (Å²) < 4.78 is 0. The Labute approximate surface area is 119 Å². The molecule has 1 N–H and O–H groups in total. The molecular formula is C16H21NO3. The normalized spacial score (nSPS) is 21.8. The highest BCUT2D eigenvalue weighted by Gasteiger charge is 2.35. The topological polar surface area (TPSA) is 57.6 Å². The van der Waals surface area contributed by atoms with Crippen LogP contribution in [0, 0.1) is 25.7 Å². The second-order valence-corrected chi connectivity index (χ2v) is 5.79. The number of carbonyl (C=O) groups is 2. The minimum absolute atomic E-state index is 0.0266. The Morgan fingerprint density at radius 1 is 1.10 bits per heavy atom. The van der Waals surface area contributed by atoms with Gasteiger partial charge >= 0.3 is 5.97 Å². The first-order valence-electron chi connectivity index (χ1n) is 6.97. The molecule has 1 saturated carbocycles. The van der Waals surface area contributed by atoms with E-state index in [4.69, 9.17) is 5.11 Å². The Morgan fingerprint density at radius 3 is 2.15 bits per heavy atom. The number of hydrogen-bond acceptors (Lipinski definition) is 2. The summed E-state index contributed by atoms with van der Waals surface area (Å²) >= 11 is 0. The monoisotopic (exact) mass is 275 g/mol. The third-order valence-electron chi connectivity index (χ3n) is 4.06. The van der Waals surface area contributed by atoms with Crippen molar-refractivity contribution in [2.45, 2.75) is 33.1 Å². The molecule has 0 spiro atoms. The number of aliphatic carboxylic acids is 1. The van der Waals surface area contributed by atoms with E-state index < -0.39 is 5.97 Å². The fourth-order valence-corrected chi connectivity index (χ4v) is 2.98. The van der Waals surface area contributed by atoms with Crippen LogP contribution in [0.3, 0.4) is 0 Å². The van der Waals surface area contributed by atoms with E-state index in [0.717, 1.165) is 16.8 Å². The maximum Gasteiger partial charge on any atom is 0.306 e. The largest absolute Gasteiger partial charge is 0.481 e. The van der Waals surface area contributed by atoms with Gasteiger partial charge in [-0.15, -0.1) is 0 Å². The molecule has 0 radical (unpaired) electrons. The summed E-state index contributed by atoms with van der Waals surface area (Å²) in [6, 6.07) is 6.03. The van der Waals surface area contributed by atoms with Gasteiger partial charge in [0.15, 0.2) is 0 Å². The zero-order valence-corrected chi connectivity index (χ0v) is 12.2. The van der Waals surface area contributed by atoms with Crippen molar-refractivity contribution in [2.24, 2.45) is 11.8 Å². The maximum absolute atomic E-state index is 12.5. The smallest absolute Gasteiger partial charge is 0.306 e. The molecule has 0 aromatic heterocycles. The molecule has 2 unspecified atom stereocenters. The second kappa shape index (κ2) is 5.65. The van der Waals surface area contributed by atoms with Gasteiger partial charge in [0.2, 0.25) is 5.91 Å². The Balaban J connectivity index is 2.11. The summed E-state index contributed by atoms with van der Waals surface area (Å²) in [4.78, 5) is 25.1. The first kappa shape index (κ1) is 14.6. The second-order valence-electron chi connectivity index (χ2n) is 5.79. The van der Waals surface area contributed by atoms with E-state index in [1.54, 1.807) is 11.9 Å². The molecule has 1 aliphatic carbocycles. The predicted octanol–water partition coefficient (Wildman–Crippen LogP) is 2.77. The molecule has 1 fully saturated rings. The number of nitrogens with zero attached hydrogens (tertiary/aromatic N) is 1. The third kappa shape index (κ3) is 3.00. The Hall–Kier alpha value is -1.84. The zero-order chi connectivity index (χ0) is 14.9. The Bertz CT molecular complexity index is 518. The SMILES string of the molecule is Cc1cc(C)cc(N(C)C(=O)C2CCC(C(=O)O)C2)c1. The van der Waals surface area contributed by atoms with Crippen LogP contribution in [0.25, 0.3) is 0 Å². The Morgan fingerprint density at radius 2 is 1.65 bits per heavy atom. The van der Waals surface area contributed by atoms with Crippen molar-refractivity contribution in [1.29, 1.82) is 0 Å². The average Bonchev–Trinajstić information content (AvgIpc) is 2.85. The minimum atomic E-state index is -0.783. The molecule has 0 aliphatic heterocycles. The number of anilines is 1. The first-order valence-corrected chi connectivity index (χ1v) is 6.97. The zero-order valence-electron chi connectivity index (χ0n) is 12.2. The summed E-state index contributed by atoms with van der Waals surface area (Å²) in [6.07, 6.45) is 1.74. The van der Waals surface area contributed by atoms with E-state index in [0.29, 0.717) is 19.3 Å². The van der Waals surface area contributed by atoms with Crippen LogP contribution in [0.5, 0.6) is 0 Å². The van der Waals surface area contributed by atoms with Gasteiger partial charge in [0.1, 0.15) is 0 Å². The molecule has 0 bridgehead atoms. The molecule has 1 aromatic rings. The number of carbonyl (C=O) groups excluding carboxylic acids is 1. The van der Waals surface area contributed by atoms with Crippen LogP contribution in [0.15, 0.2) is 18.2 Å². The van der Waals surface area contributed by atoms with Gasteiger partial charge in [-0.3, -0.25) is 9.59 Å². The first-order chi connectivity index (χ1) is 9.38. The van der Waals surface area contributed by atoms with Crippen molar-refractivity contribution in [1.82, 2.24) is 0 Å². The number of hydrogen-bond donors (Lipinski definition) is 1. The average molecular weight is 275 g/mol. The lowest BCUT2D eigenvalue weighted by molar-refractivity contribution is -0.141. The van der Waals surface area contributed by atoms with Crippen molar-refractivity contribution in [3.8, 4) is 0 Å². The third-order valence-corrected chi connectivity index (χ3v) is 4.06. The molecule has 0 heterocycles. The van der Waals surface area contributed by atoms with Crippen molar-refractivity contribution in [3.05, 3.63) is 29.3 Å². The highest BCUT2D eigenvalue weighted by atomic mass is 16.4. The molecule has 2 atom stereocenters. The molecule has 1 aromatic carbocycles. The number of benzene rings is 1. The van der Waals surface area contributed by atoms with Crippen LogP contribution in [0.1, 0.15) is 30.4 Å². The number of carboxylic acids is 1. The lowest BCUT2D eigenvalue weighted by Crippen LogP contribution is -2.32. The van der Waals surface area contributed by atoms with Crippen LogP contribution in [-0.4, -0.2) is 24.0 Å². The standard InChI is InChI=1S/C16H21NO3/c1-10-6-11(2)8-14(7-10)17(3)15(18)12-4-5-13(9-12)16(19)20/h6-8,12-13H,4-5,9H2,1-3H3,(H,19,20). The van der Waals surface area contributed by atoms with Gasteiger partial charge in [-0.25, -0.2) is 0 Å². The van der Waals surface area contributed by atoms with E-state index in [1.807, 2.05) is 26.0 Å². The van der Waals surface area contributed by atoms with Crippen LogP contribution in [-0.2, 0) is 9.59 Å². The van der Waals surface area contributed by atoms with Gasteiger partial charge in [-0.05, 0) is 56.4 Å². The van der Waals surface area contributed by atoms with Crippen molar-refractivity contribution in [2.75, 3.05) is 11.9 Å². The van der Waals surface area contributed by atoms with Crippen LogP contribution >= 0.6 is 0 Å². The number of amides is 1. The van der Waals surface area contributed by atoms with Gasteiger partial charge < -0.3 is 10.0 Å². The molecule has 20 heavy (non-hydrogen) atoms. The number of aryl methyl sites for hydroxylation is 2. The van der Waals surface area contributed by atoms with E-state index in [1.165, 1.54) is 0 Å². The quantitative estimate of drug-likeness (QED) is 0.922. The van der Waals surface area contributed by atoms with Crippen molar-refractivity contribution in [3.63, 3.8) is 0 Å². The molecule has 4 nitrogen and oxygen atoms in total. The predicted molar refractivity (Wildman–Crippen MR) is 77.8 cm³/mol. The van der Waals surface area contributed by atoms with Crippen molar-refractivity contribution >= 4 is 17.6 Å². The summed E-state index contributed by atoms with van der Waals surface area (Å²) in [7, 11) is 1.77.